The lowest BCUT2D eigenvalue weighted by Gasteiger charge is -2.39. The van der Waals surface area contributed by atoms with E-state index in [1.54, 1.807) is 38.7 Å². The van der Waals surface area contributed by atoms with Crippen LogP contribution in [0.25, 0.3) is 10.4 Å². The van der Waals surface area contributed by atoms with Crippen LogP contribution < -0.4 is 31.3 Å². The molecule has 0 bridgehead atoms. The van der Waals surface area contributed by atoms with Crippen molar-refractivity contribution in [2.75, 3.05) is 62.6 Å². The molecule has 6 N–H and O–H groups in total. The van der Waals surface area contributed by atoms with Gasteiger partial charge >= 0.3 is 0 Å². The Labute approximate surface area is 441 Å². The number of aliphatic hydroxyl groups is 1. The van der Waals surface area contributed by atoms with Crippen molar-refractivity contribution >= 4 is 69.8 Å². The number of carbonyl (C=O) groups excluding carboxylic acids is 4. The lowest BCUT2D eigenvalue weighted by Crippen LogP contribution is -2.59. The highest BCUT2D eigenvalue weighted by Crippen LogP contribution is 2.41. The summed E-state index contributed by atoms with van der Waals surface area (Å²) >= 11 is 9.77. The van der Waals surface area contributed by atoms with E-state index in [0.717, 1.165) is 90.7 Å². The fourth-order valence-electron chi connectivity index (χ4n) is 9.71. The number of nitrogens with one attached hydrogen (secondary N) is 3. The van der Waals surface area contributed by atoms with Crippen LogP contribution in [0, 0.1) is 23.7 Å². The molecule has 1 aliphatic carbocycles. The van der Waals surface area contributed by atoms with Crippen LogP contribution >= 0.6 is 34.7 Å². The molecule has 0 unspecified atom stereocenters. The fraction of sp³-hybridized carbons (Fsp3) is 0.566. The lowest BCUT2D eigenvalue weighted by atomic mass is 9.80. The maximum Gasteiger partial charge on any atom is 0.258 e. The van der Waals surface area contributed by atoms with Crippen LogP contribution in [0.4, 0.5) is 15.9 Å². The molecule has 8 rings (SSSR count). The number of alkyl halides is 1. The number of carbonyl (C=O) groups is 4. The van der Waals surface area contributed by atoms with Crippen molar-refractivity contribution in [2.24, 2.45) is 22.5 Å². The van der Waals surface area contributed by atoms with E-state index in [-0.39, 0.29) is 43.7 Å². The summed E-state index contributed by atoms with van der Waals surface area (Å²) in [7, 11) is 0. The number of aliphatic hydroxyl groups excluding tert-OH is 1. The SMILES string of the molecule is Cc1ncsc1-c1ccc(CNC(=O)[C@@H]2C[C@@H](O)CN2C(=O)[C@@H](NC(=O)C2(F)CC2)C(C)(C)C)c(OCCN2CCC(CCC(=O)Nc3cccc(Sc4cnc(N5CCC(C)(CN)CC5)cn4)c3Cl)CC2)c1. The normalized spacial score (nSPS) is 20.3. The van der Waals surface area contributed by atoms with Gasteiger partial charge in [0, 0.05) is 56.0 Å². The van der Waals surface area contributed by atoms with Crippen molar-refractivity contribution in [1.82, 2.24) is 35.4 Å². The molecule has 4 amide bonds. The van der Waals surface area contributed by atoms with Gasteiger partial charge in [-0.05, 0) is 112 Å². The number of benzene rings is 2. The second-order valence-electron chi connectivity index (χ2n) is 21.6. The number of rotatable bonds is 19. The Morgan fingerprint density at radius 1 is 1.04 bits per heavy atom. The zero-order valence-electron chi connectivity index (χ0n) is 42.6. The van der Waals surface area contributed by atoms with Gasteiger partial charge in [-0.1, -0.05) is 69.3 Å². The van der Waals surface area contributed by atoms with Crippen molar-refractivity contribution in [3.63, 3.8) is 0 Å². The summed E-state index contributed by atoms with van der Waals surface area (Å²) in [5.74, 6) is -0.0312. The first kappa shape index (κ1) is 54.3. The number of β-amino-alcohol motifs (C(OH)–C–C–N with tert-alkyl or cyclic N) is 1. The molecule has 3 aliphatic heterocycles. The Bertz CT molecular complexity index is 2600. The van der Waals surface area contributed by atoms with Crippen LogP contribution in [0.5, 0.6) is 5.75 Å². The van der Waals surface area contributed by atoms with E-state index in [1.165, 1.54) is 28.0 Å². The number of hydrogen-bond donors (Lipinski definition) is 5. The zero-order chi connectivity index (χ0) is 52.1. The van der Waals surface area contributed by atoms with Gasteiger partial charge in [0.25, 0.3) is 5.91 Å². The van der Waals surface area contributed by atoms with Gasteiger partial charge < -0.3 is 41.3 Å². The number of ether oxygens (including phenoxy) is 1. The van der Waals surface area contributed by atoms with Crippen molar-refractivity contribution in [1.29, 1.82) is 0 Å². The largest absolute Gasteiger partial charge is 0.492 e. The quantitative estimate of drug-likeness (QED) is 0.0621. The van der Waals surface area contributed by atoms with Crippen LogP contribution in [0.1, 0.15) is 96.7 Å². The van der Waals surface area contributed by atoms with Crippen molar-refractivity contribution in [2.45, 2.75) is 133 Å². The van der Waals surface area contributed by atoms with E-state index >= 15 is 0 Å². The molecule has 3 saturated heterocycles. The van der Waals surface area contributed by atoms with E-state index in [2.05, 4.69) is 47.6 Å². The van der Waals surface area contributed by atoms with Crippen LogP contribution in [-0.4, -0.2) is 130 Å². The highest BCUT2D eigenvalue weighted by molar-refractivity contribution is 7.99. The maximum absolute atomic E-state index is 14.7. The van der Waals surface area contributed by atoms with Gasteiger partial charge in [0.15, 0.2) is 5.67 Å². The number of piperidine rings is 2. The number of nitrogens with zero attached hydrogens (tertiary/aromatic N) is 6. The summed E-state index contributed by atoms with van der Waals surface area (Å²) in [5, 5.41) is 20.5. The molecule has 4 aromatic rings. The van der Waals surface area contributed by atoms with E-state index in [1.807, 2.05) is 43.3 Å². The lowest BCUT2D eigenvalue weighted by molar-refractivity contribution is -0.145. The van der Waals surface area contributed by atoms with Crippen LogP contribution in [-0.2, 0) is 25.7 Å². The summed E-state index contributed by atoms with van der Waals surface area (Å²) in [6.45, 7) is 14.8. The number of amides is 4. The number of aryl methyl sites for hydroxylation is 1. The van der Waals surface area contributed by atoms with Crippen molar-refractivity contribution in [3.05, 3.63) is 70.6 Å². The third kappa shape index (κ3) is 13.7. The monoisotopic (exact) mass is 1060 g/mol. The third-order valence-corrected chi connectivity index (χ3v) is 17.4. The molecule has 20 heteroatoms. The first-order valence-corrected chi connectivity index (χ1v) is 27.6. The first-order chi connectivity index (χ1) is 34.8. The number of halogens is 2. The molecule has 4 fully saturated rings. The topological polar surface area (TPSA) is 208 Å². The minimum atomic E-state index is -1.97. The average Bonchev–Trinajstić information content (AvgIpc) is 3.78. The number of anilines is 2. The number of aromatic nitrogens is 3. The van der Waals surface area contributed by atoms with Gasteiger partial charge in [-0.2, -0.15) is 0 Å². The third-order valence-electron chi connectivity index (χ3n) is 14.9. The number of likely N-dealkylation sites (tertiary alicyclic amines) is 2. The molecule has 5 heterocycles. The average molecular weight is 1060 g/mol. The molecule has 0 spiro atoms. The molecule has 2 aromatic carbocycles. The zero-order valence-corrected chi connectivity index (χ0v) is 44.9. The highest BCUT2D eigenvalue weighted by Gasteiger charge is 2.53. The highest BCUT2D eigenvalue weighted by atomic mass is 35.5. The summed E-state index contributed by atoms with van der Waals surface area (Å²) < 4.78 is 21.2. The molecule has 73 heavy (non-hydrogen) atoms. The summed E-state index contributed by atoms with van der Waals surface area (Å²) in [6.07, 6.45) is 7.98. The Morgan fingerprint density at radius 3 is 2.45 bits per heavy atom. The Hall–Kier alpha value is -4.92. The van der Waals surface area contributed by atoms with E-state index in [0.29, 0.717) is 53.5 Å². The van der Waals surface area contributed by atoms with Gasteiger partial charge in [-0.25, -0.2) is 19.3 Å². The molecular weight excluding hydrogens is 991 g/mol. The van der Waals surface area contributed by atoms with Crippen molar-refractivity contribution < 1.29 is 33.4 Å². The minimum Gasteiger partial charge on any atom is -0.492 e. The molecule has 3 atom stereocenters. The summed E-state index contributed by atoms with van der Waals surface area (Å²) in [5.41, 5.74) is 8.35. The smallest absolute Gasteiger partial charge is 0.258 e. The van der Waals surface area contributed by atoms with Gasteiger partial charge in [0.2, 0.25) is 17.7 Å². The van der Waals surface area contributed by atoms with E-state index < -0.39 is 47.0 Å². The second-order valence-corrected chi connectivity index (χ2v) is 23.9. The molecule has 4 aliphatic rings. The minimum absolute atomic E-state index is 0.0260. The standard InChI is InChI=1S/C53H70ClFN10O6S2/c1-33-46(72-32-60-33)35-10-11-36(27-59-48(68)39-26-37(66)30-65(39)49(69)47(51(2,3)4)62-50(70)53(55)15-16-53)40(25-35)71-24-23-63-19-13-34(14-20-63)9-12-43(67)61-38-7-6-8-41(45(38)54)73-44-29-57-42(28-58-44)64-21-17-52(5,31-56)18-22-64/h6-8,10-11,25,28-29,32,34,37,39,47,66H,9,12-24,26-27,30-31,56H2,1-5H3,(H,59,68)(H,61,67)(H,62,70)/t37-,39+,47-/m1/s1. The second kappa shape index (κ2) is 23.3. The Kier molecular flexibility index (Phi) is 17.4. The van der Waals surface area contributed by atoms with E-state index in [4.69, 9.17) is 22.1 Å². The molecule has 0 radical (unpaired) electrons. The Morgan fingerprint density at radius 2 is 1.79 bits per heavy atom. The van der Waals surface area contributed by atoms with Crippen LogP contribution in [0.3, 0.4) is 0 Å². The molecule has 16 nitrogen and oxygen atoms in total. The van der Waals surface area contributed by atoms with Gasteiger partial charge in [-0.3, -0.25) is 24.1 Å². The Balaban J connectivity index is 0.801. The first-order valence-electron chi connectivity index (χ1n) is 25.5. The number of hydrogen-bond acceptors (Lipinski definition) is 14. The van der Waals surface area contributed by atoms with Crippen molar-refractivity contribution in [3.8, 4) is 16.2 Å². The van der Waals surface area contributed by atoms with Gasteiger partial charge in [0.05, 0.1) is 45.3 Å². The summed E-state index contributed by atoms with van der Waals surface area (Å²) in [4.78, 5) is 75.3. The van der Waals surface area contributed by atoms with Crippen LogP contribution in [0.15, 0.2) is 64.2 Å². The number of thiazole rings is 1. The molecule has 2 aromatic heterocycles. The fourth-order valence-corrected chi connectivity index (χ4v) is 11.6. The van der Waals surface area contributed by atoms with Gasteiger partial charge in [-0.15, -0.1) is 11.3 Å². The maximum atomic E-state index is 14.7. The van der Waals surface area contributed by atoms with Gasteiger partial charge in [0.1, 0.15) is 35.3 Å². The van der Waals surface area contributed by atoms with E-state index in [9.17, 15) is 28.7 Å². The molecular formula is C53H70ClFN10O6S2. The predicted octanol–water partition coefficient (Wildman–Crippen LogP) is 7.40. The molecule has 1 saturated carbocycles. The summed E-state index contributed by atoms with van der Waals surface area (Å²) in [6, 6.07) is 9.37. The molecule has 394 valence electrons. The number of nitrogens with two attached hydrogens (primary N) is 1. The van der Waals surface area contributed by atoms with Crippen LogP contribution in [0.2, 0.25) is 5.02 Å². The predicted molar refractivity (Wildman–Crippen MR) is 283 cm³/mol.